The van der Waals surface area contributed by atoms with Gasteiger partial charge in [-0.3, -0.25) is 0 Å². The summed E-state index contributed by atoms with van der Waals surface area (Å²) >= 11 is 6.00. The van der Waals surface area contributed by atoms with Crippen LogP contribution in [0.15, 0.2) is 23.1 Å². The Kier molecular flexibility index (Phi) is 3.97. The number of sulfone groups is 1. The van der Waals surface area contributed by atoms with Crippen molar-refractivity contribution in [2.75, 3.05) is 6.26 Å². The first kappa shape index (κ1) is 14.9. The molecule has 1 fully saturated rings. The molecule has 4 nitrogen and oxygen atoms in total. The van der Waals surface area contributed by atoms with Crippen molar-refractivity contribution in [3.63, 3.8) is 0 Å². The molecule has 1 heterocycles. The zero-order chi connectivity index (χ0) is 15.0. The number of aromatic nitrogens is 2. The summed E-state index contributed by atoms with van der Waals surface area (Å²) in [6, 6.07) is 5.31. The fraction of sp³-hybridized carbons (Fsp3) is 0.533. The minimum absolute atomic E-state index is 0.286. The lowest BCUT2D eigenvalue weighted by Gasteiger charge is -2.25. The molecule has 0 atom stereocenters. The van der Waals surface area contributed by atoms with Gasteiger partial charge in [-0.15, -0.1) is 11.6 Å². The van der Waals surface area contributed by atoms with Crippen molar-refractivity contribution in [3.05, 3.63) is 24.0 Å². The molecule has 0 saturated heterocycles. The van der Waals surface area contributed by atoms with Gasteiger partial charge in [-0.1, -0.05) is 25.3 Å². The predicted octanol–water partition coefficient (Wildman–Crippen LogP) is 3.37. The Morgan fingerprint density at radius 1 is 1.38 bits per heavy atom. The van der Waals surface area contributed by atoms with E-state index in [0.29, 0.717) is 11.4 Å². The number of alkyl halides is 1. The topological polar surface area (TPSA) is 52.0 Å². The van der Waals surface area contributed by atoms with Crippen molar-refractivity contribution in [1.29, 1.82) is 0 Å². The summed E-state index contributed by atoms with van der Waals surface area (Å²) in [4.78, 5) is 4.76. The van der Waals surface area contributed by atoms with E-state index in [-0.39, 0.29) is 4.90 Å². The van der Waals surface area contributed by atoms with Crippen LogP contribution in [0, 0.1) is 5.92 Å². The second kappa shape index (κ2) is 5.61. The lowest BCUT2D eigenvalue weighted by molar-refractivity contribution is 0.282. The molecule has 1 aromatic carbocycles. The molecule has 3 rings (SSSR count). The number of hydrogen-bond donors (Lipinski definition) is 0. The van der Waals surface area contributed by atoms with Crippen LogP contribution >= 0.6 is 11.6 Å². The van der Waals surface area contributed by atoms with Crippen LogP contribution in [-0.2, 0) is 22.3 Å². The molecule has 114 valence electrons. The lowest BCUT2D eigenvalue weighted by atomic mass is 9.83. The van der Waals surface area contributed by atoms with Gasteiger partial charge in [0.2, 0.25) is 0 Å². The summed E-state index contributed by atoms with van der Waals surface area (Å²) in [6.45, 7) is 0.858. The van der Waals surface area contributed by atoms with Gasteiger partial charge in [0, 0.05) is 12.8 Å². The van der Waals surface area contributed by atoms with E-state index in [1.165, 1.54) is 25.5 Å². The SMILES string of the molecule is CS(=O)(=O)c1cccc2c1nc(CCl)n2CCC1CCC1. The zero-order valence-electron chi connectivity index (χ0n) is 12.0. The number of para-hydroxylation sites is 1. The summed E-state index contributed by atoms with van der Waals surface area (Å²) < 4.78 is 25.9. The molecule has 0 N–H and O–H groups in total. The van der Waals surface area contributed by atoms with Gasteiger partial charge in [-0.25, -0.2) is 13.4 Å². The second-order valence-corrected chi connectivity index (χ2v) is 8.05. The van der Waals surface area contributed by atoms with Crippen LogP contribution in [0.4, 0.5) is 0 Å². The molecule has 1 aromatic heterocycles. The molecule has 0 bridgehead atoms. The third-order valence-electron chi connectivity index (χ3n) is 4.33. The number of halogens is 1. The smallest absolute Gasteiger partial charge is 0.177 e. The fourth-order valence-electron chi connectivity index (χ4n) is 2.91. The van der Waals surface area contributed by atoms with Gasteiger partial charge in [0.25, 0.3) is 0 Å². The molecule has 6 heteroatoms. The number of imidazole rings is 1. The molecule has 0 radical (unpaired) electrons. The Balaban J connectivity index is 2.05. The van der Waals surface area contributed by atoms with Crippen LogP contribution in [-0.4, -0.2) is 24.2 Å². The van der Waals surface area contributed by atoms with Gasteiger partial charge in [0.05, 0.1) is 16.3 Å². The minimum Gasteiger partial charge on any atom is -0.327 e. The maximum Gasteiger partial charge on any atom is 0.177 e. The predicted molar refractivity (Wildman–Crippen MR) is 84.4 cm³/mol. The summed E-state index contributed by atoms with van der Waals surface area (Å²) in [7, 11) is -3.28. The van der Waals surface area contributed by atoms with E-state index < -0.39 is 9.84 Å². The van der Waals surface area contributed by atoms with E-state index in [4.69, 9.17) is 11.6 Å². The largest absolute Gasteiger partial charge is 0.327 e. The van der Waals surface area contributed by atoms with Crippen LogP contribution in [0.5, 0.6) is 0 Å². The second-order valence-electron chi connectivity index (χ2n) is 5.79. The molecule has 0 spiro atoms. The lowest BCUT2D eigenvalue weighted by Crippen LogP contribution is -2.14. The van der Waals surface area contributed by atoms with Crippen molar-refractivity contribution >= 4 is 32.5 Å². The van der Waals surface area contributed by atoms with Crippen molar-refractivity contribution in [2.24, 2.45) is 5.92 Å². The van der Waals surface area contributed by atoms with Crippen LogP contribution in [0.3, 0.4) is 0 Å². The maximum absolute atomic E-state index is 11.9. The Bertz CT molecular complexity index is 763. The van der Waals surface area contributed by atoms with E-state index in [1.54, 1.807) is 12.1 Å². The molecule has 0 amide bonds. The van der Waals surface area contributed by atoms with E-state index in [1.807, 2.05) is 6.07 Å². The third kappa shape index (κ3) is 2.81. The minimum atomic E-state index is -3.28. The van der Waals surface area contributed by atoms with Gasteiger partial charge >= 0.3 is 0 Å². The molecular formula is C15H19ClN2O2S. The Labute approximate surface area is 130 Å². The van der Waals surface area contributed by atoms with E-state index >= 15 is 0 Å². The quantitative estimate of drug-likeness (QED) is 0.792. The van der Waals surface area contributed by atoms with Crippen LogP contribution < -0.4 is 0 Å². The summed E-state index contributed by atoms with van der Waals surface area (Å²) in [5, 5.41) is 0. The number of rotatable bonds is 5. The van der Waals surface area contributed by atoms with E-state index in [0.717, 1.165) is 30.2 Å². The molecule has 0 unspecified atom stereocenters. The standard InChI is InChI=1S/C15H19ClN2O2S/c1-21(19,20)13-7-3-6-12-15(13)17-14(10-16)18(12)9-8-11-4-2-5-11/h3,6-7,11H,2,4-5,8-10H2,1H3. The Morgan fingerprint density at radius 2 is 2.14 bits per heavy atom. The van der Waals surface area contributed by atoms with Gasteiger partial charge in [0.15, 0.2) is 9.84 Å². The highest BCUT2D eigenvalue weighted by molar-refractivity contribution is 7.91. The van der Waals surface area contributed by atoms with Gasteiger partial charge in [0.1, 0.15) is 11.3 Å². The highest BCUT2D eigenvalue weighted by atomic mass is 35.5. The first-order valence-corrected chi connectivity index (χ1v) is 9.67. The Morgan fingerprint density at radius 3 is 2.71 bits per heavy atom. The molecule has 1 aliphatic carbocycles. The maximum atomic E-state index is 11.9. The van der Waals surface area contributed by atoms with Crippen LogP contribution in [0.25, 0.3) is 11.0 Å². The summed E-state index contributed by atoms with van der Waals surface area (Å²) in [5.74, 6) is 1.84. The number of hydrogen-bond acceptors (Lipinski definition) is 3. The van der Waals surface area contributed by atoms with Gasteiger partial charge < -0.3 is 4.57 Å². The Hall–Kier alpha value is -1.07. The average molecular weight is 327 g/mol. The summed E-state index contributed by atoms with van der Waals surface area (Å²) in [5.41, 5.74) is 1.41. The van der Waals surface area contributed by atoms with Crippen molar-refractivity contribution < 1.29 is 8.42 Å². The summed E-state index contributed by atoms with van der Waals surface area (Å²) in [6.07, 6.45) is 6.26. The molecule has 0 aliphatic heterocycles. The van der Waals surface area contributed by atoms with Gasteiger partial charge in [-0.05, 0) is 24.5 Å². The van der Waals surface area contributed by atoms with E-state index in [9.17, 15) is 8.42 Å². The molecule has 2 aromatic rings. The van der Waals surface area contributed by atoms with Crippen LogP contribution in [0.1, 0.15) is 31.5 Å². The van der Waals surface area contributed by atoms with Crippen molar-refractivity contribution in [3.8, 4) is 0 Å². The van der Waals surface area contributed by atoms with Crippen LogP contribution in [0.2, 0.25) is 0 Å². The zero-order valence-corrected chi connectivity index (χ0v) is 13.6. The average Bonchev–Trinajstić information content (AvgIpc) is 2.73. The number of aryl methyl sites for hydroxylation is 1. The van der Waals surface area contributed by atoms with Crippen molar-refractivity contribution in [1.82, 2.24) is 9.55 Å². The fourth-order valence-corrected chi connectivity index (χ4v) is 3.94. The molecule has 21 heavy (non-hydrogen) atoms. The molecule has 1 aliphatic rings. The van der Waals surface area contributed by atoms with Gasteiger partial charge in [-0.2, -0.15) is 0 Å². The monoisotopic (exact) mass is 326 g/mol. The first-order chi connectivity index (χ1) is 10.0. The molecular weight excluding hydrogens is 308 g/mol. The number of benzene rings is 1. The number of fused-ring (bicyclic) bond motifs is 1. The number of nitrogens with zero attached hydrogens (tertiary/aromatic N) is 2. The first-order valence-electron chi connectivity index (χ1n) is 7.25. The molecule has 1 saturated carbocycles. The van der Waals surface area contributed by atoms with E-state index in [2.05, 4.69) is 9.55 Å². The third-order valence-corrected chi connectivity index (χ3v) is 5.69. The van der Waals surface area contributed by atoms with Crippen molar-refractivity contribution in [2.45, 2.75) is 43.0 Å². The normalized spacial score (nSPS) is 16.3. The highest BCUT2D eigenvalue weighted by Gasteiger charge is 2.21. The highest BCUT2D eigenvalue weighted by Crippen LogP contribution is 2.31.